The van der Waals surface area contributed by atoms with Gasteiger partial charge in [-0.05, 0) is 30.5 Å². The van der Waals surface area contributed by atoms with E-state index in [1.165, 1.54) is 0 Å². The fourth-order valence-corrected chi connectivity index (χ4v) is 2.31. The van der Waals surface area contributed by atoms with Gasteiger partial charge in [-0.25, -0.2) is 0 Å². The quantitative estimate of drug-likeness (QED) is 0.824. The molecular weight excluding hydrogens is 292 g/mol. The highest BCUT2D eigenvalue weighted by Gasteiger charge is 2.16. The molecule has 1 amide bonds. The van der Waals surface area contributed by atoms with Gasteiger partial charge in [-0.2, -0.15) is 0 Å². The summed E-state index contributed by atoms with van der Waals surface area (Å²) in [5.74, 6) is -1.02. The van der Waals surface area contributed by atoms with Crippen molar-refractivity contribution in [2.24, 2.45) is 0 Å². The summed E-state index contributed by atoms with van der Waals surface area (Å²) in [4.78, 5) is 27.2. The van der Waals surface area contributed by atoms with E-state index in [1.807, 2.05) is 49.4 Å². The third kappa shape index (κ3) is 5.54. The summed E-state index contributed by atoms with van der Waals surface area (Å²) in [7, 11) is 0. The molecule has 2 rings (SSSR count). The number of carboxylic acids is 1. The Morgan fingerprint density at radius 1 is 1.17 bits per heavy atom. The van der Waals surface area contributed by atoms with Crippen LogP contribution in [0, 0.1) is 6.92 Å². The van der Waals surface area contributed by atoms with Crippen molar-refractivity contribution in [3.63, 3.8) is 0 Å². The van der Waals surface area contributed by atoms with Gasteiger partial charge in [-0.3, -0.25) is 14.6 Å². The lowest BCUT2D eigenvalue weighted by Crippen LogP contribution is -2.30. The molecule has 0 radical (unpaired) electrons. The van der Waals surface area contributed by atoms with Crippen LogP contribution in [0.5, 0.6) is 0 Å². The summed E-state index contributed by atoms with van der Waals surface area (Å²) in [6.07, 6.45) is 2.27. The van der Waals surface area contributed by atoms with Crippen LogP contribution >= 0.6 is 0 Å². The van der Waals surface area contributed by atoms with E-state index >= 15 is 0 Å². The van der Waals surface area contributed by atoms with Gasteiger partial charge in [0.2, 0.25) is 5.91 Å². The van der Waals surface area contributed by atoms with Crippen molar-refractivity contribution < 1.29 is 14.7 Å². The van der Waals surface area contributed by atoms with Crippen LogP contribution in [0.25, 0.3) is 0 Å². The van der Waals surface area contributed by atoms with Gasteiger partial charge < -0.3 is 10.4 Å². The Kier molecular flexibility index (Phi) is 5.86. The van der Waals surface area contributed by atoms with Gasteiger partial charge in [0.05, 0.1) is 12.5 Å². The molecular formula is C18H20N2O3. The second-order valence-electron chi connectivity index (χ2n) is 5.45. The lowest BCUT2D eigenvalue weighted by atomic mass is 10.0. The summed E-state index contributed by atoms with van der Waals surface area (Å²) in [5, 5.41) is 11.8. The van der Waals surface area contributed by atoms with Gasteiger partial charge in [0.1, 0.15) is 0 Å². The van der Waals surface area contributed by atoms with Gasteiger partial charge in [0.15, 0.2) is 0 Å². The topological polar surface area (TPSA) is 79.3 Å². The molecule has 0 saturated carbocycles. The Hall–Kier alpha value is -2.69. The fourth-order valence-electron chi connectivity index (χ4n) is 2.31. The zero-order valence-electron chi connectivity index (χ0n) is 13.0. The monoisotopic (exact) mass is 312 g/mol. The summed E-state index contributed by atoms with van der Waals surface area (Å²) in [6.45, 7) is 1.89. The Balaban J connectivity index is 2.02. The van der Waals surface area contributed by atoms with Crippen LogP contribution in [0.3, 0.4) is 0 Å². The number of hydrogen-bond acceptors (Lipinski definition) is 3. The van der Waals surface area contributed by atoms with Crippen molar-refractivity contribution in [2.45, 2.75) is 32.2 Å². The average molecular weight is 312 g/mol. The lowest BCUT2D eigenvalue weighted by molar-refractivity contribution is -0.137. The highest BCUT2D eigenvalue weighted by molar-refractivity contribution is 5.79. The number of carboxylic acid groups (broad SMARTS) is 1. The molecule has 5 nitrogen and oxygen atoms in total. The van der Waals surface area contributed by atoms with E-state index in [1.54, 1.807) is 6.20 Å². The highest BCUT2D eigenvalue weighted by Crippen LogP contribution is 2.18. The minimum atomic E-state index is -0.872. The molecule has 0 saturated heterocycles. The molecule has 1 unspecified atom stereocenters. The van der Waals surface area contributed by atoms with E-state index < -0.39 is 5.97 Å². The molecule has 0 bridgehead atoms. The third-order valence-corrected chi connectivity index (χ3v) is 3.52. The predicted molar refractivity (Wildman–Crippen MR) is 86.9 cm³/mol. The molecule has 23 heavy (non-hydrogen) atoms. The maximum absolute atomic E-state index is 12.2. The second kappa shape index (κ2) is 8.08. The molecule has 1 atom stereocenters. The molecule has 2 N–H and O–H groups in total. The average Bonchev–Trinajstić information content (AvgIpc) is 2.54. The van der Waals surface area contributed by atoms with E-state index in [-0.39, 0.29) is 24.8 Å². The van der Waals surface area contributed by atoms with Crippen LogP contribution in [0.15, 0.2) is 48.7 Å². The molecule has 1 aromatic heterocycles. The van der Waals surface area contributed by atoms with Crippen molar-refractivity contribution in [3.8, 4) is 0 Å². The maximum Gasteiger partial charge on any atom is 0.303 e. The molecule has 5 heteroatoms. The van der Waals surface area contributed by atoms with E-state index in [0.717, 1.165) is 16.8 Å². The van der Waals surface area contributed by atoms with Gasteiger partial charge in [-0.1, -0.05) is 36.4 Å². The first kappa shape index (κ1) is 16.7. The molecule has 2 aromatic rings. The molecule has 0 spiro atoms. The largest absolute Gasteiger partial charge is 0.481 e. The van der Waals surface area contributed by atoms with Crippen molar-refractivity contribution in [3.05, 3.63) is 65.5 Å². The van der Waals surface area contributed by atoms with Gasteiger partial charge in [0.25, 0.3) is 0 Å². The molecule has 0 aliphatic heterocycles. The third-order valence-electron chi connectivity index (χ3n) is 3.52. The molecule has 0 fully saturated rings. The van der Waals surface area contributed by atoms with E-state index in [2.05, 4.69) is 10.3 Å². The van der Waals surface area contributed by atoms with Crippen molar-refractivity contribution in [2.75, 3.05) is 0 Å². The number of nitrogens with zero attached hydrogens (tertiary/aromatic N) is 1. The number of carbonyl (C=O) groups is 2. The zero-order valence-corrected chi connectivity index (χ0v) is 13.0. The lowest BCUT2D eigenvalue weighted by Gasteiger charge is -2.18. The minimum Gasteiger partial charge on any atom is -0.481 e. The Morgan fingerprint density at radius 3 is 2.52 bits per heavy atom. The van der Waals surface area contributed by atoms with Crippen LogP contribution in [-0.4, -0.2) is 22.0 Å². The first-order valence-electron chi connectivity index (χ1n) is 7.52. The van der Waals surface area contributed by atoms with Crippen molar-refractivity contribution in [1.29, 1.82) is 0 Å². The highest BCUT2D eigenvalue weighted by atomic mass is 16.4. The first-order valence-corrected chi connectivity index (χ1v) is 7.52. The van der Waals surface area contributed by atoms with Crippen LogP contribution in [0.1, 0.15) is 35.7 Å². The number of pyridine rings is 1. The second-order valence-corrected chi connectivity index (χ2v) is 5.45. The summed E-state index contributed by atoms with van der Waals surface area (Å²) in [5.41, 5.74) is 2.64. The summed E-state index contributed by atoms with van der Waals surface area (Å²) < 4.78 is 0. The maximum atomic E-state index is 12.2. The smallest absolute Gasteiger partial charge is 0.303 e. The van der Waals surface area contributed by atoms with Crippen molar-refractivity contribution in [1.82, 2.24) is 10.3 Å². The first-order chi connectivity index (χ1) is 11.0. The van der Waals surface area contributed by atoms with Crippen LogP contribution in [0.4, 0.5) is 0 Å². The normalized spacial score (nSPS) is 11.7. The van der Waals surface area contributed by atoms with E-state index in [9.17, 15) is 9.59 Å². The molecule has 120 valence electrons. The van der Waals surface area contributed by atoms with Crippen LogP contribution in [-0.2, 0) is 16.0 Å². The number of nitrogens with one attached hydrogen (secondary N) is 1. The SMILES string of the molecule is Cc1ccc(CC(=O)NC(CCC(=O)O)c2ccccc2)cn1. The zero-order chi connectivity index (χ0) is 16.7. The van der Waals surface area contributed by atoms with Crippen LogP contribution in [0.2, 0.25) is 0 Å². The minimum absolute atomic E-state index is 0.00588. The van der Waals surface area contributed by atoms with Gasteiger partial charge >= 0.3 is 5.97 Å². The number of amides is 1. The number of aryl methyl sites for hydroxylation is 1. The number of benzene rings is 1. The molecule has 0 aliphatic rings. The number of rotatable bonds is 7. The molecule has 0 aliphatic carbocycles. The van der Waals surface area contributed by atoms with Crippen LogP contribution < -0.4 is 5.32 Å². The van der Waals surface area contributed by atoms with Gasteiger partial charge in [0, 0.05) is 18.3 Å². The van der Waals surface area contributed by atoms with E-state index in [4.69, 9.17) is 5.11 Å². The summed E-state index contributed by atoms with van der Waals surface area (Å²) in [6, 6.07) is 12.8. The molecule has 1 heterocycles. The van der Waals surface area contributed by atoms with Gasteiger partial charge in [-0.15, -0.1) is 0 Å². The Bertz CT molecular complexity index is 654. The summed E-state index contributed by atoms with van der Waals surface area (Å²) >= 11 is 0. The Labute approximate surface area is 135 Å². The number of hydrogen-bond donors (Lipinski definition) is 2. The fraction of sp³-hybridized carbons (Fsp3) is 0.278. The number of carbonyl (C=O) groups excluding carboxylic acids is 1. The number of aromatic nitrogens is 1. The van der Waals surface area contributed by atoms with E-state index in [0.29, 0.717) is 6.42 Å². The predicted octanol–water partition coefficient (Wildman–Crippen LogP) is 2.65. The van der Waals surface area contributed by atoms with Crippen molar-refractivity contribution >= 4 is 11.9 Å². The standard InChI is InChI=1S/C18H20N2O3/c1-13-7-8-14(12-19-13)11-17(21)20-16(9-10-18(22)23)15-5-3-2-4-6-15/h2-8,12,16H,9-11H2,1H3,(H,20,21)(H,22,23). The Morgan fingerprint density at radius 2 is 1.91 bits per heavy atom. The molecule has 1 aromatic carbocycles. The number of aliphatic carboxylic acids is 1.